The maximum absolute atomic E-state index is 4.73. The van der Waals surface area contributed by atoms with Crippen molar-refractivity contribution in [2.45, 2.75) is 52.0 Å². The molecule has 0 saturated heterocycles. The van der Waals surface area contributed by atoms with Gasteiger partial charge in [0.2, 0.25) is 0 Å². The lowest BCUT2D eigenvalue weighted by molar-refractivity contribution is 0.445. The summed E-state index contributed by atoms with van der Waals surface area (Å²) in [5.41, 5.74) is 0. The van der Waals surface area contributed by atoms with E-state index in [1.807, 2.05) is 0 Å². The van der Waals surface area contributed by atoms with Crippen LogP contribution in [-0.4, -0.2) is 24.3 Å². The third-order valence-electron chi connectivity index (χ3n) is 2.83. The van der Waals surface area contributed by atoms with E-state index in [9.17, 15) is 0 Å². The molecule has 1 fully saturated rings. The maximum atomic E-state index is 4.73. The van der Waals surface area contributed by atoms with Gasteiger partial charge >= 0.3 is 0 Å². The fourth-order valence-electron chi connectivity index (χ4n) is 1.81. The van der Waals surface area contributed by atoms with Gasteiger partial charge in [0.15, 0.2) is 0 Å². The molecule has 0 bridgehead atoms. The van der Waals surface area contributed by atoms with Crippen LogP contribution in [0.25, 0.3) is 0 Å². The highest BCUT2D eigenvalue weighted by atomic mass is 31.1. The fraction of sp³-hybridized carbons (Fsp3) is 0.909. The van der Waals surface area contributed by atoms with Gasteiger partial charge in [0.05, 0.1) is 0 Å². The van der Waals surface area contributed by atoms with Crippen molar-refractivity contribution in [2.75, 3.05) is 12.3 Å². The largest absolute Gasteiger partial charge is 0.289 e. The summed E-state index contributed by atoms with van der Waals surface area (Å²) in [6.07, 6.45) is 9.53. The second-order valence-corrected chi connectivity index (χ2v) is 6.45. The van der Waals surface area contributed by atoms with Crippen molar-refractivity contribution >= 4 is 13.9 Å². The second kappa shape index (κ2) is 6.54. The number of hydrogen-bond donors (Lipinski definition) is 0. The summed E-state index contributed by atoms with van der Waals surface area (Å²) in [4.78, 5) is 4.73. The molecule has 0 atom stereocenters. The SMILES string of the molecule is CCP(C=NC1CCCCC1)CC. The number of rotatable bonds is 4. The fourth-order valence-corrected chi connectivity index (χ4v) is 2.96. The lowest BCUT2D eigenvalue weighted by atomic mass is 9.96. The highest BCUT2D eigenvalue weighted by Crippen LogP contribution is 2.31. The van der Waals surface area contributed by atoms with Crippen LogP contribution in [0.2, 0.25) is 0 Å². The second-order valence-electron chi connectivity index (χ2n) is 3.78. The summed E-state index contributed by atoms with van der Waals surface area (Å²) < 4.78 is 0. The van der Waals surface area contributed by atoms with E-state index in [-0.39, 0.29) is 7.92 Å². The van der Waals surface area contributed by atoms with Gasteiger partial charge in [-0.25, -0.2) is 0 Å². The molecule has 13 heavy (non-hydrogen) atoms. The summed E-state index contributed by atoms with van der Waals surface area (Å²) >= 11 is 0. The molecule has 0 aromatic heterocycles. The number of hydrogen-bond acceptors (Lipinski definition) is 1. The summed E-state index contributed by atoms with van der Waals surface area (Å²) in [5, 5.41) is 0. The van der Waals surface area contributed by atoms with Crippen molar-refractivity contribution in [2.24, 2.45) is 4.99 Å². The van der Waals surface area contributed by atoms with Crippen molar-refractivity contribution in [1.82, 2.24) is 0 Å². The van der Waals surface area contributed by atoms with Crippen molar-refractivity contribution in [3.63, 3.8) is 0 Å². The van der Waals surface area contributed by atoms with Crippen LogP contribution >= 0.6 is 7.92 Å². The van der Waals surface area contributed by atoms with E-state index in [0.29, 0.717) is 6.04 Å². The Hall–Kier alpha value is 0.100. The molecule has 0 unspecified atom stereocenters. The zero-order chi connectivity index (χ0) is 9.52. The molecular formula is C11H22NP. The molecule has 0 aromatic carbocycles. The smallest absolute Gasteiger partial charge is 0.0500 e. The molecule has 0 heterocycles. The molecule has 1 nitrogen and oxygen atoms in total. The maximum Gasteiger partial charge on any atom is 0.0500 e. The Labute approximate surface area is 83.8 Å². The zero-order valence-corrected chi connectivity index (χ0v) is 9.89. The molecule has 76 valence electrons. The summed E-state index contributed by atoms with van der Waals surface area (Å²) in [7, 11) is 0.127. The van der Waals surface area contributed by atoms with Crippen LogP contribution < -0.4 is 0 Å². The van der Waals surface area contributed by atoms with Crippen LogP contribution in [0.4, 0.5) is 0 Å². The highest BCUT2D eigenvalue weighted by Gasteiger charge is 2.11. The Balaban J connectivity index is 2.27. The molecule has 0 radical (unpaired) electrons. The average Bonchev–Trinajstić information content (AvgIpc) is 2.21. The zero-order valence-electron chi connectivity index (χ0n) is 9.00. The molecule has 1 aliphatic carbocycles. The molecule has 2 heteroatoms. The van der Waals surface area contributed by atoms with E-state index in [1.54, 1.807) is 0 Å². The van der Waals surface area contributed by atoms with E-state index in [2.05, 4.69) is 19.8 Å². The number of aliphatic imine (C=N–C) groups is 1. The van der Waals surface area contributed by atoms with Crippen LogP contribution in [-0.2, 0) is 0 Å². The van der Waals surface area contributed by atoms with Gasteiger partial charge in [0.25, 0.3) is 0 Å². The quantitative estimate of drug-likeness (QED) is 0.481. The van der Waals surface area contributed by atoms with Gasteiger partial charge in [0.1, 0.15) is 0 Å². The minimum atomic E-state index is 0.127. The number of nitrogens with zero attached hydrogens (tertiary/aromatic N) is 1. The van der Waals surface area contributed by atoms with E-state index < -0.39 is 0 Å². The normalized spacial score (nSPS) is 20.2. The molecule has 1 saturated carbocycles. The topological polar surface area (TPSA) is 12.4 Å². The molecule has 0 aromatic rings. The third kappa shape index (κ3) is 4.22. The molecule has 1 rings (SSSR count). The predicted octanol–water partition coefficient (Wildman–Crippen LogP) is 3.87. The van der Waals surface area contributed by atoms with Crippen LogP contribution in [0.1, 0.15) is 46.0 Å². The van der Waals surface area contributed by atoms with Gasteiger partial charge in [0, 0.05) is 12.0 Å². The molecule has 0 aliphatic heterocycles. The summed E-state index contributed by atoms with van der Waals surface area (Å²) in [6.45, 7) is 4.56. The van der Waals surface area contributed by atoms with E-state index in [0.717, 1.165) is 0 Å². The van der Waals surface area contributed by atoms with Gasteiger partial charge in [-0.3, -0.25) is 4.99 Å². The molecule has 0 amide bonds. The average molecular weight is 199 g/mol. The van der Waals surface area contributed by atoms with Crippen molar-refractivity contribution in [1.29, 1.82) is 0 Å². The van der Waals surface area contributed by atoms with E-state index in [4.69, 9.17) is 4.99 Å². The van der Waals surface area contributed by atoms with Crippen molar-refractivity contribution in [3.05, 3.63) is 0 Å². The standard InChI is InChI=1S/C11H22NP/c1-3-13(4-2)10-12-11-8-6-5-7-9-11/h10-11H,3-9H2,1-2H3. The first-order valence-corrected chi connectivity index (χ1v) is 7.42. The highest BCUT2D eigenvalue weighted by molar-refractivity contribution is 7.72. The van der Waals surface area contributed by atoms with E-state index >= 15 is 0 Å². The van der Waals surface area contributed by atoms with Gasteiger partial charge in [-0.1, -0.05) is 41.0 Å². The van der Waals surface area contributed by atoms with E-state index in [1.165, 1.54) is 44.4 Å². The van der Waals surface area contributed by atoms with Crippen molar-refractivity contribution in [3.8, 4) is 0 Å². The Morgan fingerprint density at radius 2 is 1.77 bits per heavy atom. The minimum absolute atomic E-state index is 0.127. The van der Waals surface area contributed by atoms with Crippen molar-refractivity contribution < 1.29 is 0 Å². The lowest BCUT2D eigenvalue weighted by Gasteiger charge is -2.18. The molecule has 0 N–H and O–H groups in total. The van der Waals surface area contributed by atoms with Gasteiger partial charge in [-0.2, -0.15) is 0 Å². The van der Waals surface area contributed by atoms with Crippen LogP contribution in [0.3, 0.4) is 0 Å². The summed E-state index contributed by atoms with van der Waals surface area (Å²) in [6, 6.07) is 0.678. The van der Waals surface area contributed by atoms with Crippen LogP contribution in [0.15, 0.2) is 4.99 Å². The first-order chi connectivity index (χ1) is 6.36. The Bertz CT molecular complexity index is 146. The third-order valence-corrected chi connectivity index (χ3v) is 4.91. The monoisotopic (exact) mass is 199 g/mol. The van der Waals surface area contributed by atoms with Gasteiger partial charge < -0.3 is 0 Å². The predicted molar refractivity (Wildman–Crippen MR) is 63.4 cm³/mol. The Morgan fingerprint density at radius 1 is 1.15 bits per heavy atom. The molecule has 0 spiro atoms. The van der Waals surface area contributed by atoms with Crippen LogP contribution in [0, 0.1) is 0 Å². The minimum Gasteiger partial charge on any atom is -0.289 e. The summed E-state index contributed by atoms with van der Waals surface area (Å²) in [5.74, 6) is 2.28. The first kappa shape index (κ1) is 11.2. The molecular weight excluding hydrogens is 177 g/mol. The Kier molecular flexibility index (Phi) is 5.62. The van der Waals surface area contributed by atoms with Gasteiger partial charge in [-0.05, 0) is 25.2 Å². The van der Waals surface area contributed by atoms with Gasteiger partial charge in [-0.15, -0.1) is 0 Å². The lowest BCUT2D eigenvalue weighted by Crippen LogP contribution is -2.09. The van der Waals surface area contributed by atoms with Crippen LogP contribution in [0.5, 0.6) is 0 Å². The first-order valence-electron chi connectivity index (χ1n) is 5.64. The Morgan fingerprint density at radius 3 is 2.31 bits per heavy atom. The molecule has 1 aliphatic rings.